The lowest BCUT2D eigenvalue weighted by Gasteiger charge is -2.27. The predicted octanol–water partition coefficient (Wildman–Crippen LogP) is 0.619. The Bertz CT molecular complexity index is 451. The number of hydrogen-bond donors (Lipinski definition) is 1. The molecule has 5 nitrogen and oxygen atoms in total. The Hall–Kier alpha value is -0.560. The van der Waals surface area contributed by atoms with Gasteiger partial charge in [0.2, 0.25) is 0 Å². The molecule has 1 aromatic rings. The van der Waals surface area contributed by atoms with Crippen molar-refractivity contribution in [2.45, 2.75) is 6.54 Å². The molecule has 2 N–H and O–H groups in total. The molecule has 0 aliphatic carbocycles. The van der Waals surface area contributed by atoms with Crippen molar-refractivity contribution in [3.05, 3.63) is 23.9 Å². The summed E-state index contributed by atoms with van der Waals surface area (Å²) in [7, 11) is -2.83. The number of sulfone groups is 1. The smallest absolute Gasteiger partial charge is 0.153 e. The van der Waals surface area contributed by atoms with E-state index in [0.29, 0.717) is 19.6 Å². The monoisotopic (exact) mass is 313 g/mol. The normalized spacial score (nSPS) is 17.5. The zero-order valence-electron chi connectivity index (χ0n) is 9.78. The summed E-state index contributed by atoms with van der Waals surface area (Å²) in [6, 6.07) is 3.81. The zero-order chi connectivity index (χ0) is 11.6. The molecule has 18 heavy (non-hydrogen) atoms. The van der Waals surface area contributed by atoms with Crippen LogP contribution in [-0.4, -0.2) is 38.0 Å². The molecule has 1 aromatic heterocycles. The molecule has 1 aliphatic heterocycles. The van der Waals surface area contributed by atoms with Gasteiger partial charge in [0.15, 0.2) is 9.84 Å². The zero-order valence-corrected chi connectivity index (χ0v) is 12.2. The molecule has 0 amide bonds. The van der Waals surface area contributed by atoms with Crippen LogP contribution in [0.2, 0.25) is 0 Å². The van der Waals surface area contributed by atoms with Crippen molar-refractivity contribution in [3.8, 4) is 0 Å². The van der Waals surface area contributed by atoms with E-state index in [0.717, 1.165) is 11.4 Å². The number of hydrogen-bond acceptors (Lipinski definition) is 5. The molecule has 2 rings (SSSR count). The van der Waals surface area contributed by atoms with Crippen LogP contribution in [0.3, 0.4) is 0 Å². The summed E-state index contributed by atoms with van der Waals surface area (Å²) in [5.74, 6) is 1.26. The van der Waals surface area contributed by atoms with Gasteiger partial charge in [-0.15, -0.1) is 24.8 Å². The molecule has 1 saturated heterocycles. The lowest BCUT2D eigenvalue weighted by molar-refractivity contribution is 0.586. The Labute approximate surface area is 120 Å². The highest BCUT2D eigenvalue weighted by atomic mass is 35.5. The van der Waals surface area contributed by atoms with Crippen LogP contribution >= 0.6 is 24.8 Å². The third kappa shape index (κ3) is 4.28. The lowest BCUT2D eigenvalue weighted by atomic mass is 10.3. The van der Waals surface area contributed by atoms with Crippen molar-refractivity contribution in [2.24, 2.45) is 5.73 Å². The Morgan fingerprint density at radius 3 is 2.28 bits per heavy atom. The topological polar surface area (TPSA) is 76.3 Å². The van der Waals surface area contributed by atoms with Gasteiger partial charge in [0.05, 0.1) is 11.5 Å². The minimum Gasteiger partial charge on any atom is -0.355 e. The van der Waals surface area contributed by atoms with Crippen molar-refractivity contribution >= 4 is 40.5 Å². The molecule has 1 aliphatic rings. The molecule has 0 aromatic carbocycles. The van der Waals surface area contributed by atoms with E-state index in [2.05, 4.69) is 4.98 Å². The third-order valence-corrected chi connectivity index (χ3v) is 4.32. The minimum absolute atomic E-state index is 0. The first kappa shape index (κ1) is 17.4. The van der Waals surface area contributed by atoms with Gasteiger partial charge in [-0.2, -0.15) is 0 Å². The molecule has 104 valence electrons. The highest BCUT2D eigenvalue weighted by Gasteiger charge is 2.22. The van der Waals surface area contributed by atoms with E-state index in [-0.39, 0.29) is 36.3 Å². The highest BCUT2D eigenvalue weighted by Crippen LogP contribution is 2.14. The molecule has 8 heteroatoms. The minimum atomic E-state index is -2.83. The number of nitrogens with two attached hydrogens (primary N) is 1. The maximum atomic E-state index is 11.3. The molecular formula is C10H17Cl2N3O2S. The standard InChI is InChI=1S/C10H15N3O2S.2ClH/c11-7-9-1-2-10(12-8-9)13-3-5-16(14,15)6-4-13;;/h1-2,8H,3-7,11H2;2*1H. The fourth-order valence-electron chi connectivity index (χ4n) is 1.67. The van der Waals surface area contributed by atoms with Crippen molar-refractivity contribution in [1.29, 1.82) is 0 Å². The summed E-state index contributed by atoms with van der Waals surface area (Å²) in [5.41, 5.74) is 6.46. The largest absolute Gasteiger partial charge is 0.355 e. The van der Waals surface area contributed by atoms with E-state index in [4.69, 9.17) is 5.73 Å². The van der Waals surface area contributed by atoms with Crippen molar-refractivity contribution in [3.63, 3.8) is 0 Å². The van der Waals surface area contributed by atoms with Gasteiger partial charge in [0.25, 0.3) is 0 Å². The fourth-order valence-corrected chi connectivity index (χ4v) is 2.87. The van der Waals surface area contributed by atoms with E-state index in [9.17, 15) is 8.42 Å². The van der Waals surface area contributed by atoms with Gasteiger partial charge >= 0.3 is 0 Å². The molecule has 2 heterocycles. The number of halogens is 2. The average molecular weight is 314 g/mol. The van der Waals surface area contributed by atoms with Crippen molar-refractivity contribution in [1.82, 2.24) is 4.98 Å². The van der Waals surface area contributed by atoms with Gasteiger partial charge in [-0.3, -0.25) is 0 Å². The third-order valence-electron chi connectivity index (χ3n) is 2.71. The van der Waals surface area contributed by atoms with E-state index in [1.165, 1.54) is 0 Å². The molecular weight excluding hydrogens is 297 g/mol. The van der Waals surface area contributed by atoms with Crippen LogP contribution in [0, 0.1) is 0 Å². The van der Waals surface area contributed by atoms with Gasteiger partial charge in [-0.25, -0.2) is 13.4 Å². The molecule has 1 fully saturated rings. The molecule has 0 unspecified atom stereocenters. The van der Waals surface area contributed by atoms with E-state index >= 15 is 0 Å². The Morgan fingerprint density at radius 2 is 1.83 bits per heavy atom. The SMILES string of the molecule is Cl.Cl.NCc1ccc(N2CCS(=O)(=O)CC2)nc1. The number of nitrogens with zero attached hydrogens (tertiary/aromatic N) is 2. The molecule has 0 saturated carbocycles. The van der Waals surface area contributed by atoms with Crippen LogP contribution in [-0.2, 0) is 16.4 Å². The van der Waals surface area contributed by atoms with Crippen LogP contribution in [0.1, 0.15) is 5.56 Å². The summed E-state index contributed by atoms with van der Waals surface area (Å²) in [4.78, 5) is 6.26. The second kappa shape index (κ2) is 7.13. The quantitative estimate of drug-likeness (QED) is 0.866. The van der Waals surface area contributed by atoms with E-state index < -0.39 is 9.84 Å². The summed E-state index contributed by atoms with van der Waals surface area (Å²) in [6.07, 6.45) is 1.73. The average Bonchev–Trinajstić information content (AvgIpc) is 2.29. The summed E-state index contributed by atoms with van der Waals surface area (Å²) >= 11 is 0. The first-order chi connectivity index (χ1) is 7.61. The van der Waals surface area contributed by atoms with E-state index in [1.54, 1.807) is 6.20 Å². The lowest BCUT2D eigenvalue weighted by Crippen LogP contribution is -2.40. The maximum Gasteiger partial charge on any atom is 0.153 e. The van der Waals surface area contributed by atoms with Gasteiger partial charge in [-0.05, 0) is 11.6 Å². The number of aromatic nitrogens is 1. The van der Waals surface area contributed by atoms with Gasteiger partial charge in [-0.1, -0.05) is 6.07 Å². The summed E-state index contributed by atoms with van der Waals surface area (Å²) < 4.78 is 22.5. The van der Waals surface area contributed by atoms with Gasteiger partial charge in [0.1, 0.15) is 5.82 Å². The predicted molar refractivity (Wildman–Crippen MR) is 77.5 cm³/mol. The van der Waals surface area contributed by atoms with Gasteiger partial charge < -0.3 is 10.6 Å². The van der Waals surface area contributed by atoms with Crippen molar-refractivity contribution in [2.75, 3.05) is 29.5 Å². The van der Waals surface area contributed by atoms with Crippen LogP contribution in [0.15, 0.2) is 18.3 Å². The van der Waals surface area contributed by atoms with E-state index in [1.807, 2.05) is 17.0 Å². The number of rotatable bonds is 2. The molecule has 0 spiro atoms. The fraction of sp³-hybridized carbons (Fsp3) is 0.500. The van der Waals surface area contributed by atoms with Crippen LogP contribution in [0.4, 0.5) is 5.82 Å². The Balaban J connectivity index is 0.00000144. The molecule has 0 bridgehead atoms. The Kier molecular flexibility index (Phi) is 6.91. The van der Waals surface area contributed by atoms with Crippen LogP contribution in [0.25, 0.3) is 0 Å². The molecule has 0 atom stereocenters. The maximum absolute atomic E-state index is 11.3. The highest BCUT2D eigenvalue weighted by molar-refractivity contribution is 7.91. The first-order valence-electron chi connectivity index (χ1n) is 5.21. The van der Waals surface area contributed by atoms with Crippen LogP contribution < -0.4 is 10.6 Å². The van der Waals surface area contributed by atoms with Crippen molar-refractivity contribution < 1.29 is 8.42 Å². The Morgan fingerprint density at radius 1 is 1.22 bits per heavy atom. The number of anilines is 1. The number of pyridine rings is 1. The molecule has 0 radical (unpaired) electrons. The second-order valence-corrected chi connectivity index (χ2v) is 6.17. The van der Waals surface area contributed by atoms with Crippen LogP contribution in [0.5, 0.6) is 0 Å². The first-order valence-corrected chi connectivity index (χ1v) is 7.03. The summed E-state index contributed by atoms with van der Waals surface area (Å²) in [6.45, 7) is 1.52. The summed E-state index contributed by atoms with van der Waals surface area (Å²) in [5, 5.41) is 0. The van der Waals surface area contributed by atoms with Gasteiger partial charge in [0, 0.05) is 25.8 Å². The second-order valence-electron chi connectivity index (χ2n) is 3.87.